The average Bonchev–Trinajstić information content (AvgIpc) is 2.91. The summed E-state index contributed by atoms with van der Waals surface area (Å²) < 4.78 is 7.44. The fourth-order valence-electron chi connectivity index (χ4n) is 2.75. The van der Waals surface area contributed by atoms with E-state index in [1.165, 1.54) is 0 Å². The van der Waals surface area contributed by atoms with E-state index < -0.39 is 5.97 Å². The predicted octanol–water partition coefficient (Wildman–Crippen LogP) is 3.00. The second-order valence-corrected chi connectivity index (χ2v) is 6.53. The molecule has 2 aromatic rings. The molecular formula is C16H17Cl2N3O3. The first kappa shape index (κ1) is 17.2. The first-order valence-corrected chi connectivity index (χ1v) is 8.24. The Morgan fingerprint density at radius 1 is 1.38 bits per heavy atom. The van der Waals surface area contributed by atoms with E-state index in [4.69, 9.17) is 33.0 Å². The molecule has 1 unspecified atom stereocenters. The third-order valence-corrected chi connectivity index (χ3v) is 4.79. The van der Waals surface area contributed by atoms with Gasteiger partial charge in [0.25, 0.3) is 0 Å². The van der Waals surface area contributed by atoms with E-state index in [1.807, 2.05) is 12.1 Å². The first-order chi connectivity index (χ1) is 11.4. The van der Waals surface area contributed by atoms with Gasteiger partial charge in [0.1, 0.15) is 0 Å². The van der Waals surface area contributed by atoms with Gasteiger partial charge in [-0.05, 0) is 23.8 Å². The number of benzene rings is 1. The van der Waals surface area contributed by atoms with Gasteiger partial charge >= 0.3 is 5.97 Å². The molecule has 1 fully saturated rings. The van der Waals surface area contributed by atoms with Crippen molar-refractivity contribution in [3.05, 3.63) is 51.3 Å². The molecule has 0 amide bonds. The molecule has 3 rings (SSSR count). The summed E-state index contributed by atoms with van der Waals surface area (Å²) in [6.07, 6.45) is -0.0966. The number of rotatable bonds is 4. The lowest BCUT2D eigenvalue weighted by atomic mass is 10.1. The molecule has 1 atom stereocenters. The van der Waals surface area contributed by atoms with Crippen LogP contribution in [0.3, 0.4) is 0 Å². The lowest BCUT2D eigenvalue weighted by molar-refractivity contribution is -0.0335. The van der Waals surface area contributed by atoms with Gasteiger partial charge in [-0.25, -0.2) is 4.79 Å². The van der Waals surface area contributed by atoms with E-state index >= 15 is 0 Å². The Balaban J connectivity index is 1.71. The van der Waals surface area contributed by atoms with Crippen LogP contribution in [0.5, 0.6) is 0 Å². The van der Waals surface area contributed by atoms with Gasteiger partial charge in [0.2, 0.25) is 0 Å². The number of morpholine rings is 1. The van der Waals surface area contributed by atoms with Crippen molar-refractivity contribution < 1.29 is 14.6 Å². The normalized spacial score (nSPS) is 18.7. The number of aromatic carboxylic acids is 1. The van der Waals surface area contributed by atoms with Crippen LogP contribution in [0, 0.1) is 0 Å². The number of aromatic nitrogens is 2. The molecule has 1 saturated heterocycles. The minimum absolute atomic E-state index is 0.0572. The number of nitrogens with zero attached hydrogens (tertiary/aromatic N) is 3. The average molecular weight is 370 g/mol. The number of aryl methyl sites for hydroxylation is 1. The monoisotopic (exact) mass is 369 g/mol. The fourth-order valence-corrected chi connectivity index (χ4v) is 3.05. The van der Waals surface area contributed by atoms with Crippen LogP contribution in [-0.2, 0) is 18.3 Å². The standard InChI is InChI=1S/C16H17Cl2N3O3/c1-20-11(7-14(19-20)16(22)23)8-21-4-5-24-15(9-21)10-2-3-12(17)13(18)6-10/h2-3,6-7,15H,4-5,8-9H2,1H3,(H,22,23). The van der Waals surface area contributed by atoms with E-state index in [-0.39, 0.29) is 11.8 Å². The third-order valence-electron chi connectivity index (χ3n) is 4.05. The molecule has 1 N–H and O–H groups in total. The molecular weight excluding hydrogens is 353 g/mol. The summed E-state index contributed by atoms with van der Waals surface area (Å²) in [4.78, 5) is 13.2. The number of carbonyl (C=O) groups is 1. The quantitative estimate of drug-likeness (QED) is 0.896. The summed E-state index contributed by atoms with van der Waals surface area (Å²) in [6, 6.07) is 7.10. The number of halogens is 2. The Hall–Kier alpha value is -1.60. The van der Waals surface area contributed by atoms with Gasteiger partial charge < -0.3 is 9.84 Å². The molecule has 0 spiro atoms. The van der Waals surface area contributed by atoms with Crippen molar-refractivity contribution in [2.45, 2.75) is 12.6 Å². The fraction of sp³-hybridized carbons (Fsp3) is 0.375. The SMILES string of the molecule is Cn1nc(C(=O)O)cc1CN1CCOC(c2ccc(Cl)c(Cl)c2)C1. The Morgan fingerprint density at radius 2 is 2.17 bits per heavy atom. The molecule has 1 aliphatic heterocycles. The molecule has 8 heteroatoms. The summed E-state index contributed by atoms with van der Waals surface area (Å²) >= 11 is 12.0. The zero-order valence-electron chi connectivity index (χ0n) is 13.1. The summed E-state index contributed by atoms with van der Waals surface area (Å²) in [5, 5.41) is 14.1. The maximum absolute atomic E-state index is 11.0. The molecule has 0 bridgehead atoms. The van der Waals surface area contributed by atoms with Crippen LogP contribution < -0.4 is 0 Å². The lowest BCUT2D eigenvalue weighted by Crippen LogP contribution is -2.38. The summed E-state index contributed by atoms with van der Waals surface area (Å²) in [5.74, 6) is -1.02. The second kappa shape index (κ2) is 7.11. The van der Waals surface area contributed by atoms with Crippen molar-refractivity contribution in [2.75, 3.05) is 19.7 Å². The van der Waals surface area contributed by atoms with Crippen molar-refractivity contribution in [1.82, 2.24) is 14.7 Å². The van der Waals surface area contributed by atoms with Gasteiger partial charge in [-0.1, -0.05) is 29.3 Å². The van der Waals surface area contributed by atoms with Crippen LogP contribution in [0.25, 0.3) is 0 Å². The zero-order valence-corrected chi connectivity index (χ0v) is 14.6. The van der Waals surface area contributed by atoms with Crippen LogP contribution in [-0.4, -0.2) is 45.5 Å². The predicted molar refractivity (Wildman–Crippen MR) is 90.6 cm³/mol. The highest BCUT2D eigenvalue weighted by Crippen LogP contribution is 2.29. The number of carboxylic acid groups (broad SMARTS) is 1. The summed E-state index contributed by atoms with van der Waals surface area (Å²) in [6.45, 7) is 2.66. The molecule has 1 aromatic heterocycles. The van der Waals surface area contributed by atoms with Crippen LogP contribution >= 0.6 is 23.2 Å². The largest absolute Gasteiger partial charge is 0.476 e. The van der Waals surface area contributed by atoms with Gasteiger partial charge in [0.15, 0.2) is 5.69 Å². The van der Waals surface area contributed by atoms with Crippen molar-refractivity contribution in [3.63, 3.8) is 0 Å². The summed E-state index contributed by atoms with van der Waals surface area (Å²) in [7, 11) is 1.75. The van der Waals surface area contributed by atoms with Crippen LogP contribution in [0.2, 0.25) is 10.0 Å². The topological polar surface area (TPSA) is 67.6 Å². The van der Waals surface area contributed by atoms with Crippen molar-refractivity contribution in [1.29, 1.82) is 0 Å². The van der Waals surface area contributed by atoms with Crippen molar-refractivity contribution >= 4 is 29.2 Å². The molecule has 0 saturated carbocycles. The molecule has 6 nitrogen and oxygen atoms in total. The maximum atomic E-state index is 11.0. The van der Waals surface area contributed by atoms with Crippen molar-refractivity contribution in [2.24, 2.45) is 7.05 Å². The first-order valence-electron chi connectivity index (χ1n) is 7.49. The minimum Gasteiger partial charge on any atom is -0.476 e. The number of ether oxygens (including phenoxy) is 1. The molecule has 2 heterocycles. The highest BCUT2D eigenvalue weighted by atomic mass is 35.5. The Bertz CT molecular complexity index is 763. The zero-order chi connectivity index (χ0) is 17.3. The van der Waals surface area contributed by atoms with Gasteiger partial charge in [-0.15, -0.1) is 0 Å². The van der Waals surface area contributed by atoms with Gasteiger partial charge in [-0.2, -0.15) is 5.10 Å². The second-order valence-electron chi connectivity index (χ2n) is 5.72. The molecule has 1 aromatic carbocycles. The van der Waals surface area contributed by atoms with Crippen molar-refractivity contribution in [3.8, 4) is 0 Å². The highest BCUT2D eigenvalue weighted by Gasteiger charge is 2.24. The van der Waals surface area contributed by atoms with Crippen LogP contribution in [0.1, 0.15) is 27.8 Å². The summed E-state index contributed by atoms with van der Waals surface area (Å²) in [5.41, 5.74) is 1.88. The van der Waals surface area contributed by atoms with Crippen LogP contribution in [0.4, 0.5) is 0 Å². The Labute approximate surface area is 149 Å². The molecule has 0 aliphatic carbocycles. The van der Waals surface area contributed by atoms with Gasteiger partial charge in [-0.3, -0.25) is 9.58 Å². The molecule has 24 heavy (non-hydrogen) atoms. The van der Waals surface area contributed by atoms with E-state index in [2.05, 4.69) is 10.00 Å². The lowest BCUT2D eigenvalue weighted by Gasteiger charge is -2.33. The smallest absolute Gasteiger partial charge is 0.356 e. The van der Waals surface area contributed by atoms with Gasteiger partial charge in [0.05, 0.1) is 28.5 Å². The van der Waals surface area contributed by atoms with E-state index in [0.717, 1.165) is 17.8 Å². The molecule has 1 aliphatic rings. The van der Waals surface area contributed by atoms with Crippen LogP contribution in [0.15, 0.2) is 24.3 Å². The Morgan fingerprint density at radius 3 is 2.83 bits per heavy atom. The van der Waals surface area contributed by atoms with E-state index in [1.54, 1.807) is 23.9 Å². The molecule has 0 radical (unpaired) electrons. The number of hydrogen-bond acceptors (Lipinski definition) is 4. The molecule has 128 valence electrons. The van der Waals surface area contributed by atoms with E-state index in [0.29, 0.717) is 29.7 Å². The third kappa shape index (κ3) is 3.72. The van der Waals surface area contributed by atoms with E-state index in [9.17, 15) is 4.79 Å². The number of hydrogen-bond donors (Lipinski definition) is 1. The maximum Gasteiger partial charge on any atom is 0.356 e. The number of carboxylic acids is 1. The minimum atomic E-state index is -1.02. The van der Waals surface area contributed by atoms with Gasteiger partial charge in [0, 0.05) is 26.7 Å². The highest BCUT2D eigenvalue weighted by molar-refractivity contribution is 6.42. The Kier molecular flexibility index (Phi) is 5.10.